The maximum atomic E-state index is 13.1. The van der Waals surface area contributed by atoms with Crippen LogP contribution in [0.3, 0.4) is 0 Å². The maximum Gasteiger partial charge on any atom is 0.416 e. The summed E-state index contributed by atoms with van der Waals surface area (Å²) in [6.07, 6.45) is -3.31. The van der Waals surface area contributed by atoms with Crippen molar-refractivity contribution in [1.29, 1.82) is 0 Å². The minimum Gasteiger partial charge on any atom is -0.453 e. The van der Waals surface area contributed by atoms with E-state index in [0.717, 1.165) is 16.8 Å². The molecule has 4 rings (SSSR count). The number of ether oxygens (including phenoxy) is 2. The van der Waals surface area contributed by atoms with E-state index in [4.69, 9.17) is 9.47 Å². The Morgan fingerprint density at radius 3 is 2.59 bits per heavy atom. The normalized spacial score (nSPS) is 14.1. The number of nitrogens with one attached hydrogen (secondary N) is 1. The van der Waals surface area contributed by atoms with Crippen LogP contribution in [0.1, 0.15) is 15.9 Å². The van der Waals surface area contributed by atoms with E-state index in [9.17, 15) is 22.8 Å². The van der Waals surface area contributed by atoms with Crippen molar-refractivity contribution >= 4 is 17.3 Å². The molecule has 1 aromatic heterocycles. The first kappa shape index (κ1) is 23.3. The number of anilines is 2. The van der Waals surface area contributed by atoms with Gasteiger partial charge in [-0.15, -0.1) is 0 Å². The molecule has 0 aliphatic carbocycles. The molecule has 1 saturated heterocycles. The fourth-order valence-electron chi connectivity index (χ4n) is 3.40. The fraction of sp³-hybridized carbons (Fsp3) is 0.261. The Labute approximate surface area is 192 Å². The predicted octanol–water partition coefficient (Wildman–Crippen LogP) is 3.81. The van der Waals surface area contributed by atoms with Crippen LogP contribution in [0.5, 0.6) is 11.5 Å². The molecule has 1 fully saturated rings. The van der Waals surface area contributed by atoms with Crippen molar-refractivity contribution in [2.45, 2.75) is 6.18 Å². The third-order valence-electron chi connectivity index (χ3n) is 5.17. The first-order valence-electron chi connectivity index (χ1n) is 10.4. The average molecular weight is 474 g/mol. The van der Waals surface area contributed by atoms with Crippen LogP contribution in [0.4, 0.5) is 24.5 Å². The predicted molar refractivity (Wildman–Crippen MR) is 117 cm³/mol. The van der Waals surface area contributed by atoms with Gasteiger partial charge in [-0.1, -0.05) is 12.1 Å². The Kier molecular flexibility index (Phi) is 6.55. The maximum absolute atomic E-state index is 13.1. The Balaban J connectivity index is 1.62. The van der Waals surface area contributed by atoms with Gasteiger partial charge in [0.25, 0.3) is 11.5 Å². The van der Waals surface area contributed by atoms with Crippen molar-refractivity contribution in [3.8, 4) is 11.5 Å². The van der Waals surface area contributed by atoms with Crippen LogP contribution in [0.25, 0.3) is 0 Å². The van der Waals surface area contributed by atoms with Crippen molar-refractivity contribution < 1.29 is 27.4 Å². The highest BCUT2D eigenvalue weighted by atomic mass is 19.4. The number of hydrogen-bond donors (Lipinski definition) is 1. The molecule has 0 spiro atoms. The second kappa shape index (κ2) is 9.56. The summed E-state index contributed by atoms with van der Waals surface area (Å²) in [7, 11) is 1.43. The highest BCUT2D eigenvalue weighted by molar-refractivity contribution is 5.95. The molecule has 2 aromatic carbocycles. The molecule has 0 atom stereocenters. The quantitative estimate of drug-likeness (QED) is 0.606. The molecule has 1 amide bonds. The molecular formula is C23H21F3N4O4. The van der Waals surface area contributed by atoms with Crippen LogP contribution in [0, 0.1) is 0 Å². The number of carbonyl (C=O) groups excluding carboxylic acids is 1. The summed E-state index contributed by atoms with van der Waals surface area (Å²) in [6.45, 7) is 1.90. The third-order valence-corrected chi connectivity index (χ3v) is 5.17. The van der Waals surface area contributed by atoms with Crippen molar-refractivity contribution in [2.24, 2.45) is 7.05 Å². The lowest BCUT2D eigenvalue weighted by Gasteiger charge is -2.27. The van der Waals surface area contributed by atoms with E-state index >= 15 is 0 Å². The van der Waals surface area contributed by atoms with Crippen LogP contribution in [-0.4, -0.2) is 46.9 Å². The van der Waals surface area contributed by atoms with Crippen LogP contribution >= 0.6 is 0 Å². The van der Waals surface area contributed by atoms with Crippen LogP contribution in [0.2, 0.25) is 0 Å². The number of aryl methyl sites for hydroxylation is 1. The van der Waals surface area contributed by atoms with Gasteiger partial charge >= 0.3 is 6.18 Å². The lowest BCUT2D eigenvalue weighted by molar-refractivity contribution is -0.137. The number of morpholine rings is 1. The van der Waals surface area contributed by atoms with E-state index in [1.165, 1.54) is 25.4 Å². The number of nitrogens with zero attached hydrogens (tertiary/aromatic N) is 3. The molecule has 178 valence electrons. The van der Waals surface area contributed by atoms with Gasteiger partial charge in [-0.2, -0.15) is 18.3 Å². The van der Waals surface area contributed by atoms with Gasteiger partial charge in [0.15, 0.2) is 11.4 Å². The summed E-state index contributed by atoms with van der Waals surface area (Å²) in [5.74, 6) is -0.341. The number of hydrogen-bond acceptors (Lipinski definition) is 6. The van der Waals surface area contributed by atoms with Gasteiger partial charge in [0.2, 0.25) is 0 Å². The second-order valence-corrected chi connectivity index (χ2v) is 7.55. The molecule has 1 aliphatic rings. The minimum absolute atomic E-state index is 0.0362. The number of aromatic nitrogens is 2. The number of benzene rings is 2. The molecule has 34 heavy (non-hydrogen) atoms. The van der Waals surface area contributed by atoms with Gasteiger partial charge < -0.3 is 19.7 Å². The number of halogens is 3. The first-order valence-corrected chi connectivity index (χ1v) is 10.4. The Hall–Kier alpha value is -3.86. The summed E-state index contributed by atoms with van der Waals surface area (Å²) < 4.78 is 51.1. The average Bonchev–Trinajstić information content (AvgIpc) is 2.83. The Bertz CT molecular complexity index is 1250. The SMILES string of the molecule is Cn1ncc(Oc2cccc(C(F)(F)F)c2)c(Nc2cccc(C(=O)N3CCOCC3)c2)c1=O. The van der Waals surface area contributed by atoms with Gasteiger partial charge in [-0.05, 0) is 36.4 Å². The zero-order valence-electron chi connectivity index (χ0n) is 18.1. The molecule has 1 aliphatic heterocycles. The van der Waals surface area contributed by atoms with Crippen molar-refractivity contribution in [3.05, 3.63) is 76.2 Å². The van der Waals surface area contributed by atoms with Crippen LogP contribution in [0.15, 0.2) is 59.5 Å². The fourth-order valence-corrected chi connectivity index (χ4v) is 3.40. The number of alkyl halides is 3. The van der Waals surface area contributed by atoms with Crippen molar-refractivity contribution in [2.75, 3.05) is 31.6 Å². The number of rotatable bonds is 5. The van der Waals surface area contributed by atoms with E-state index in [1.54, 1.807) is 29.2 Å². The first-order chi connectivity index (χ1) is 16.2. The van der Waals surface area contributed by atoms with Crippen molar-refractivity contribution in [1.82, 2.24) is 14.7 Å². The Morgan fingerprint density at radius 2 is 1.85 bits per heavy atom. The smallest absolute Gasteiger partial charge is 0.416 e. The van der Waals surface area contributed by atoms with E-state index in [0.29, 0.717) is 37.6 Å². The molecular weight excluding hydrogens is 453 g/mol. The zero-order valence-corrected chi connectivity index (χ0v) is 18.1. The Morgan fingerprint density at radius 1 is 1.12 bits per heavy atom. The molecule has 0 saturated carbocycles. The van der Waals surface area contributed by atoms with Crippen molar-refractivity contribution in [3.63, 3.8) is 0 Å². The minimum atomic E-state index is -4.54. The van der Waals surface area contributed by atoms with E-state index in [2.05, 4.69) is 10.4 Å². The molecule has 0 unspecified atom stereocenters. The molecule has 8 nitrogen and oxygen atoms in total. The highest BCUT2D eigenvalue weighted by Crippen LogP contribution is 2.34. The lowest BCUT2D eigenvalue weighted by Crippen LogP contribution is -2.40. The molecule has 0 bridgehead atoms. The standard InChI is InChI=1S/C23H21F3N4O4/c1-29-22(32)20(19(14-27-29)34-18-7-3-5-16(13-18)23(24,25)26)28-17-6-2-4-15(12-17)21(31)30-8-10-33-11-9-30/h2-7,12-14,28H,8-11H2,1H3. The monoisotopic (exact) mass is 474 g/mol. The zero-order chi connectivity index (χ0) is 24.3. The van der Waals surface area contributed by atoms with Crippen LogP contribution in [-0.2, 0) is 18.0 Å². The highest BCUT2D eigenvalue weighted by Gasteiger charge is 2.30. The van der Waals surface area contributed by atoms with Gasteiger partial charge in [-0.3, -0.25) is 9.59 Å². The van der Waals surface area contributed by atoms with Gasteiger partial charge in [0.05, 0.1) is 25.0 Å². The van der Waals surface area contributed by atoms with E-state index in [-0.39, 0.29) is 23.1 Å². The number of carbonyl (C=O) groups is 1. The largest absolute Gasteiger partial charge is 0.453 e. The second-order valence-electron chi connectivity index (χ2n) is 7.55. The van der Waals surface area contributed by atoms with Gasteiger partial charge in [-0.25, -0.2) is 4.68 Å². The summed E-state index contributed by atoms with van der Waals surface area (Å²) in [5.41, 5.74) is -0.639. The number of amides is 1. The molecule has 1 N–H and O–H groups in total. The lowest BCUT2D eigenvalue weighted by atomic mass is 10.1. The summed E-state index contributed by atoms with van der Waals surface area (Å²) in [6, 6.07) is 10.9. The van der Waals surface area contributed by atoms with Gasteiger partial charge in [0, 0.05) is 31.4 Å². The summed E-state index contributed by atoms with van der Waals surface area (Å²) in [5, 5.41) is 6.83. The molecule has 2 heterocycles. The summed E-state index contributed by atoms with van der Waals surface area (Å²) in [4.78, 5) is 27.2. The third kappa shape index (κ3) is 5.20. The van der Waals surface area contributed by atoms with E-state index in [1.807, 2.05) is 0 Å². The summed E-state index contributed by atoms with van der Waals surface area (Å²) >= 11 is 0. The van der Waals surface area contributed by atoms with Gasteiger partial charge in [0.1, 0.15) is 5.75 Å². The van der Waals surface area contributed by atoms with E-state index < -0.39 is 17.3 Å². The molecule has 3 aromatic rings. The molecule has 0 radical (unpaired) electrons. The topological polar surface area (TPSA) is 85.7 Å². The van der Waals surface area contributed by atoms with Crippen LogP contribution < -0.4 is 15.6 Å². The molecule has 11 heteroatoms.